The molecular formula is C16H18BrNO. The number of halogens is 1. The number of rotatable bonds is 3. The van der Waals surface area contributed by atoms with Crippen LogP contribution in [-0.2, 0) is 0 Å². The first-order valence-corrected chi connectivity index (χ1v) is 7.07. The van der Waals surface area contributed by atoms with E-state index in [1.807, 2.05) is 37.4 Å². The number of aryl methyl sites for hydroxylation is 1. The fraction of sp³-hybridized carbons (Fsp3) is 0.250. The molecule has 0 saturated carbocycles. The van der Waals surface area contributed by atoms with E-state index in [2.05, 4.69) is 39.9 Å². The van der Waals surface area contributed by atoms with E-state index in [9.17, 15) is 5.11 Å². The monoisotopic (exact) mass is 319 g/mol. The number of hydrogen-bond acceptors (Lipinski definition) is 2. The molecule has 2 nitrogen and oxygen atoms in total. The minimum absolute atomic E-state index is 0.450. The third-order valence-electron chi connectivity index (χ3n) is 3.29. The van der Waals surface area contributed by atoms with Gasteiger partial charge >= 0.3 is 0 Å². The SMILES string of the molecule is Cc1ccccc1N(C)c1ccc([C@@H](C)O)cc1Br. The maximum atomic E-state index is 9.60. The van der Waals surface area contributed by atoms with Crippen LogP contribution in [0.5, 0.6) is 0 Å². The predicted molar refractivity (Wildman–Crippen MR) is 84.0 cm³/mol. The Labute approximate surface area is 122 Å². The second-order valence-electron chi connectivity index (χ2n) is 4.73. The summed E-state index contributed by atoms with van der Waals surface area (Å²) in [5.41, 5.74) is 4.40. The van der Waals surface area contributed by atoms with E-state index in [4.69, 9.17) is 0 Å². The molecule has 0 aliphatic rings. The van der Waals surface area contributed by atoms with Gasteiger partial charge in [0.25, 0.3) is 0 Å². The Kier molecular flexibility index (Phi) is 4.27. The highest BCUT2D eigenvalue weighted by Gasteiger charge is 2.11. The van der Waals surface area contributed by atoms with Gasteiger partial charge in [-0.3, -0.25) is 0 Å². The van der Waals surface area contributed by atoms with Crippen molar-refractivity contribution in [3.63, 3.8) is 0 Å². The van der Waals surface area contributed by atoms with E-state index < -0.39 is 6.10 Å². The lowest BCUT2D eigenvalue weighted by atomic mass is 10.1. The van der Waals surface area contributed by atoms with Crippen molar-refractivity contribution in [2.24, 2.45) is 0 Å². The Balaban J connectivity index is 2.40. The van der Waals surface area contributed by atoms with Crippen molar-refractivity contribution < 1.29 is 5.11 Å². The van der Waals surface area contributed by atoms with Crippen LogP contribution in [0.3, 0.4) is 0 Å². The highest BCUT2D eigenvalue weighted by Crippen LogP contribution is 2.34. The topological polar surface area (TPSA) is 23.5 Å². The van der Waals surface area contributed by atoms with Crippen molar-refractivity contribution in [3.8, 4) is 0 Å². The molecule has 0 aliphatic carbocycles. The molecule has 2 aromatic rings. The summed E-state index contributed by atoms with van der Waals surface area (Å²) in [6.45, 7) is 3.87. The molecule has 0 saturated heterocycles. The molecule has 0 unspecified atom stereocenters. The van der Waals surface area contributed by atoms with E-state index in [0.29, 0.717) is 0 Å². The molecule has 0 fully saturated rings. The molecule has 0 aliphatic heterocycles. The normalized spacial score (nSPS) is 12.3. The third kappa shape index (κ3) is 2.99. The molecule has 0 spiro atoms. The van der Waals surface area contributed by atoms with E-state index in [-0.39, 0.29) is 0 Å². The molecule has 0 aromatic heterocycles. The smallest absolute Gasteiger partial charge is 0.0762 e. The van der Waals surface area contributed by atoms with Crippen molar-refractivity contribution in [3.05, 3.63) is 58.1 Å². The Hall–Kier alpha value is -1.32. The molecule has 100 valence electrons. The molecule has 19 heavy (non-hydrogen) atoms. The highest BCUT2D eigenvalue weighted by atomic mass is 79.9. The number of anilines is 2. The summed E-state index contributed by atoms with van der Waals surface area (Å²) < 4.78 is 0.983. The van der Waals surface area contributed by atoms with E-state index in [1.165, 1.54) is 11.3 Å². The lowest BCUT2D eigenvalue weighted by Crippen LogP contribution is -2.11. The van der Waals surface area contributed by atoms with Gasteiger partial charge in [-0.15, -0.1) is 0 Å². The van der Waals surface area contributed by atoms with Crippen LogP contribution in [0.2, 0.25) is 0 Å². The number of benzene rings is 2. The molecule has 2 aromatic carbocycles. The van der Waals surface area contributed by atoms with Gasteiger partial charge in [0.15, 0.2) is 0 Å². The Morgan fingerprint density at radius 3 is 2.37 bits per heavy atom. The summed E-state index contributed by atoms with van der Waals surface area (Å²) >= 11 is 3.59. The van der Waals surface area contributed by atoms with Crippen LogP contribution in [0.15, 0.2) is 46.9 Å². The fourth-order valence-corrected chi connectivity index (χ4v) is 2.79. The Bertz CT molecular complexity index is 581. The maximum absolute atomic E-state index is 9.60. The molecule has 0 bridgehead atoms. The van der Waals surface area contributed by atoms with Gasteiger partial charge in [0.05, 0.1) is 11.8 Å². The highest BCUT2D eigenvalue weighted by molar-refractivity contribution is 9.10. The zero-order valence-corrected chi connectivity index (χ0v) is 13.0. The van der Waals surface area contributed by atoms with Crippen molar-refractivity contribution in [2.45, 2.75) is 20.0 Å². The minimum Gasteiger partial charge on any atom is -0.389 e. The molecule has 0 heterocycles. The second-order valence-corrected chi connectivity index (χ2v) is 5.59. The van der Waals surface area contributed by atoms with Gasteiger partial charge in [-0.2, -0.15) is 0 Å². The van der Waals surface area contributed by atoms with Crippen molar-refractivity contribution in [2.75, 3.05) is 11.9 Å². The first-order chi connectivity index (χ1) is 9.00. The maximum Gasteiger partial charge on any atom is 0.0762 e. The van der Waals surface area contributed by atoms with Crippen molar-refractivity contribution in [1.29, 1.82) is 0 Å². The third-order valence-corrected chi connectivity index (χ3v) is 3.93. The Morgan fingerprint density at radius 2 is 1.79 bits per heavy atom. The van der Waals surface area contributed by atoms with Gasteiger partial charge in [-0.25, -0.2) is 0 Å². The number of para-hydroxylation sites is 1. The quantitative estimate of drug-likeness (QED) is 0.895. The molecule has 1 N–H and O–H groups in total. The summed E-state index contributed by atoms with van der Waals surface area (Å²) in [5, 5.41) is 9.60. The van der Waals surface area contributed by atoms with Gasteiger partial charge in [-0.05, 0) is 59.1 Å². The summed E-state index contributed by atoms with van der Waals surface area (Å²) in [7, 11) is 2.05. The van der Waals surface area contributed by atoms with Crippen LogP contribution < -0.4 is 4.90 Å². The van der Waals surface area contributed by atoms with Crippen LogP contribution in [0.4, 0.5) is 11.4 Å². The van der Waals surface area contributed by atoms with Gasteiger partial charge in [-0.1, -0.05) is 24.3 Å². The molecule has 0 amide bonds. The standard InChI is InChI=1S/C16H18BrNO/c1-11-6-4-5-7-15(11)18(3)16-9-8-13(12(2)19)10-14(16)17/h4-10,12,19H,1-3H3/t12-/m1/s1. The zero-order chi connectivity index (χ0) is 14.0. The van der Waals surface area contributed by atoms with Crippen LogP contribution >= 0.6 is 15.9 Å². The largest absolute Gasteiger partial charge is 0.389 e. The molecule has 3 heteroatoms. The summed E-state index contributed by atoms with van der Waals surface area (Å²) in [6.07, 6.45) is -0.450. The van der Waals surface area contributed by atoms with Gasteiger partial charge in [0, 0.05) is 17.2 Å². The van der Waals surface area contributed by atoms with Crippen molar-refractivity contribution >= 4 is 27.3 Å². The van der Waals surface area contributed by atoms with Gasteiger partial charge < -0.3 is 10.0 Å². The predicted octanol–water partition coefficient (Wildman–Crippen LogP) is 4.58. The van der Waals surface area contributed by atoms with Crippen LogP contribution in [-0.4, -0.2) is 12.2 Å². The average molecular weight is 320 g/mol. The van der Waals surface area contributed by atoms with Crippen LogP contribution in [0, 0.1) is 6.92 Å². The molecule has 0 radical (unpaired) electrons. The van der Waals surface area contributed by atoms with Gasteiger partial charge in [0.1, 0.15) is 0 Å². The lowest BCUT2D eigenvalue weighted by molar-refractivity contribution is 0.199. The van der Waals surface area contributed by atoms with Crippen molar-refractivity contribution in [1.82, 2.24) is 0 Å². The minimum atomic E-state index is -0.450. The number of hydrogen-bond donors (Lipinski definition) is 1. The van der Waals surface area contributed by atoms with Crippen LogP contribution in [0.1, 0.15) is 24.2 Å². The summed E-state index contributed by atoms with van der Waals surface area (Å²) in [4.78, 5) is 2.14. The molecule has 1 atom stereocenters. The summed E-state index contributed by atoms with van der Waals surface area (Å²) in [5.74, 6) is 0. The van der Waals surface area contributed by atoms with E-state index >= 15 is 0 Å². The van der Waals surface area contributed by atoms with E-state index in [1.54, 1.807) is 6.92 Å². The van der Waals surface area contributed by atoms with E-state index in [0.717, 1.165) is 15.7 Å². The van der Waals surface area contributed by atoms with Crippen LogP contribution in [0.25, 0.3) is 0 Å². The van der Waals surface area contributed by atoms with Gasteiger partial charge in [0.2, 0.25) is 0 Å². The number of aliphatic hydroxyl groups is 1. The first-order valence-electron chi connectivity index (χ1n) is 6.27. The summed E-state index contributed by atoms with van der Waals surface area (Å²) in [6, 6.07) is 14.2. The number of aliphatic hydroxyl groups excluding tert-OH is 1. The number of nitrogens with zero attached hydrogens (tertiary/aromatic N) is 1. The molecule has 2 rings (SSSR count). The second kappa shape index (κ2) is 5.76. The lowest BCUT2D eigenvalue weighted by Gasteiger charge is -2.23. The first kappa shape index (κ1) is 14.1. The fourth-order valence-electron chi connectivity index (χ4n) is 2.12. The Morgan fingerprint density at radius 1 is 1.11 bits per heavy atom. The molecular weight excluding hydrogens is 302 g/mol. The average Bonchev–Trinajstić information content (AvgIpc) is 2.38. The zero-order valence-electron chi connectivity index (χ0n) is 11.4.